The Morgan fingerprint density at radius 3 is 2.74 bits per heavy atom. The molecule has 2 saturated heterocycles. The zero-order chi connectivity index (χ0) is 16.4. The summed E-state index contributed by atoms with van der Waals surface area (Å²) in [4.78, 5) is 21.8. The highest BCUT2D eigenvalue weighted by molar-refractivity contribution is 5.82. The van der Waals surface area contributed by atoms with Crippen molar-refractivity contribution in [2.75, 3.05) is 19.6 Å². The van der Waals surface area contributed by atoms with Gasteiger partial charge in [0, 0.05) is 32.0 Å². The number of likely N-dealkylation sites (tertiary alicyclic amines) is 2. The van der Waals surface area contributed by atoms with Gasteiger partial charge in [-0.1, -0.05) is 11.6 Å². The molecule has 128 valence electrons. The van der Waals surface area contributed by atoms with Crippen molar-refractivity contribution in [2.24, 2.45) is 0 Å². The first-order valence-corrected chi connectivity index (χ1v) is 8.91. The summed E-state index contributed by atoms with van der Waals surface area (Å²) in [7, 11) is 0. The van der Waals surface area contributed by atoms with Crippen LogP contribution in [0.4, 0.5) is 0 Å². The van der Waals surface area contributed by atoms with Crippen LogP contribution in [0.15, 0.2) is 4.52 Å². The number of carbonyl (C=O) groups excluding carboxylic acids is 1. The number of carbonyl (C=O) groups is 1. The maximum atomic E-state index is 13.1. The molecular formula is C17H28N4O2. The summed E-state index contributed by atoms with van der Waals surface area (Å²) in [6.45, 7) is 8.80. The van der Waals surface area contributed by atoms with E-state index in [1.807, 2.05) is 11.8 Å². The van der Waals surface area contributed by atoms with Crippen molar-refractivity contribution >= 4 is 5.91 Å². The predicted octanol–water partition coefficient (Wildman–Crippen LogP) is 2.35. The first kappa shape index (κ1) is 16.4. The number of amides is 1. The van der Waals surface area contributed by atoms with Crippen LogP contribution in [0.1, 0.15) is 63.6 Å². The fourth-order valence-corrected chi connectivity index (χ4v) is 3.92. The zero-order valence-electron chi connectivity index (χ0n) is 14.5. The molecule has 2 fully saturated rings. The largest absolute Gasteiger partial charge is 0.341 e. The molecule has 1 amide bonds. The van der Waals surface area contributed by atoms with Crippen LogP contribution in [0.2, 0.25) is 0 Å². The third kappa shape index (κ3) is 3.57. The van der Waals surface area contributed by atoms with Gasteiger partial charge in [0.2, 0.25) is 11.8 Å². The van der Waals surface area contributed by atoms with Gasteiger partial charge < -0.3 is 9.42 Å². The molecule has 6 nitrogen and oxygen atoms in total. The molecular weight excluding hydrogens is 292 g/mol. The molecule has 1 aromatic heterocycles. The predicted molar refractivity (Wildman–Crippen MR) is 87.1 cm³/mol. The molecule has 2 aliphatic heterocycles. The minimum absolute atomic E-state index is 0.0505. The number of hydrogen-bond donors (Lipinski definition) is 0. The highest BCUT2D eigenvalue weighted by atomic mass is 16.5. The minimum Gasteiger partial charge on any atom is -0.341 e. The number of piperidine rings is 2. The Kier molecular flexibility index (Phi) is 4.99. The Labute approximate surface area is 138 Å². The van der Waals surface area contributed by atoms with Crippen molar-refractivity contribution in [2.45, 2.75) is 70.9 Å². The molecule has 3 rings (SSSR count). The maximum Gasteiger partial charge on any atom is 0.239 e. The Morgan fingerprint density at radius 2 is 2.04 bits per heavy atom. The van der Waals surface area contributed by atoms with E-state index in [2.05, 4.69) is 28.9 Å². The van der Waals surface area contributed by atoms with Crippen LogP contribution in [-0.4, -0.2) is 57.6 Å². The molecule has 3 heterocycles. The molecule has 1 aromatic rings. The Hall–Kier alpha value is -1.43. The summed E-state index contributed by atoms with van der Waals surface area (Å²) in [6, 6.07) is 0.471. The second-order valence-electron chi connectivity index (χ2n) is 7.14. The van der Waals surface area contributed by atoms with Crippen LogP contribution in [-0.2, 0) is 4.79 Å². The lowest BCUT2D eigenvalue weighted by atomic mass is 9.94. The molecule has 0 saturated carbocycles. The summed E-state index contributed by atoms with van der Waals surface area (Å²) < 4.78 is 5.11. The average Bonchev–Trinajstić information content (AvgIpc) is 3.01. The fourth-order valence-electron chi connectivity index (χ4n) is 3.92. The monoisotopic (exact) mass is 320 g/mol. The second kappa shape index (κ2) is 6.99. The molecule has 2 aliphatic rings. The first-order valence-electron chi connectivity index (χ1n) is 8.91. The molecule has 6 heteroatoms. The number of aryl methyl sites for hydroxylation is 1. The van der Waals surface area contributed by atoms with Gasteiger partial charge in [-0.2, -0.15) is 4.98 Å². The van der Waals surface area contributed by atoms with Crippen LogP contribution >= 0.6 is 0 Å². The molecule has 0 spiro atoms. The number of nitrogens with zero attached hydrogens (tertiary/aromatic N) is 4. The van der Waals surface area contributed by atoms with Gasteiger partial charge in [-0.25, -0.2) is 0 Å². The van der Waals surface area contributed by atoms with Crippen LogP contribution in [0, 0.1) is 6.92 Å². The van der Waals surface area contributed by atoms with Gasteiger partial charge in [0.15, 0.2) is 5.82 Å². The Balaban J connectivity index is 1.68. The van der Waals surface area contributed by atoms with Crippen LogP contribution < -0.4 is 0 Å². The number of aromatic nitrogens is 2. The quantitative estimate of drug-likeness (QED) is 0.855. The first-order chi connectivity index (χ1) is 11.1. The van der Waals surface area contributed by atoms with E-state index in [1.165, 1.54) is 6.42 Å². The van der Waals surface area contributed by atoms with Gasteiger partial charge in [0.05, 0.1) is 6.04 Å². The highest BCUT2D eigenvalue weighted by Gasteiger charge is 2.36. The van der Waals surface area contributed by atoms with Gasteiger partial charge in [-0.15, -0.1) is 0 Å². The number of hydrogen-bond acceptors (Lipinski definition) is 5. The minimum atomic E-state index is 0.0505. The summed E-state index contributed by atoms with van der Waals surface area (Å²) in [5.74, 6) is 1.86. The summed E-state index contributed by atoms with van der Waals surface area (Å²) in [6.07, 6.45) is 5.38. The van der Waals surface area contributed by atoms with Crippen molar-refractivity contribution in [3.63, 3.8) is 0 Å². The zero-order valence-corrected chi connectivity index (χ0v) is 14.5. The topological polar surface area (TPSA) is 62.5 Å². The SMILES string of the molecule is Cc1nc([C@@H]2CCCN(C(=O)[C@@H]3CCCCN3C(C)C)C2)no1. The maximum absolute atomic E-state index is 13.1. The van der Waals surface area contributed by atoms with Crippen molar-refractivity contribution in [1.82, 2.24) is 19.9 Å². The van der Waals surface area contributed by atoms with Crippen molar-refractivity contribution < 1.29 is 9.32 Å². The molecule has 0 aliphatic carbocycles. The molecule has 0 bridgehead atoms. The van der Waals surface area contributed by atoms with E-state index in [1.54, 1.807) is 0 Å². The lowest BCUT2D eigenvalue weighted by Gasteiger charge is -2.41. The van der Waals surface area contributed by atoms with E-state index in [0.717, 1.165) is 51.1 Å². The van der Waals surface area contributed by atoms with Crippen molar-refractivity contribution in [1.29, 1.82) is 0 Å². The van der Waals surface area contributed by atoms with E-state index >= 15 is 0 Å². The molecule has 2 atom stereocenters. The van der Waals surface area contributed by atoms with E-state index in [9.17, 15) is 4.79 Å². The smallest absolute Gasteiger partial charge is 0.239 e. The third-order valence-electron chi connectivity index (χ3n) is 5.13. The normalized spacial score (nSPS) is 26.7. The Bertz CT molecular complexity index is 542. The van der Waals surface area contributed by atoms with E-state index in [0.29, 0.717) is 17.8 Å². The van der Waals surface area contributed by atoms with Gasteiger partial charge in [-0.3, -0.25) is 9.69 Å². The summed E-state index contributed by atoms with van der Waals surface area (Å²) in [5.41, 5.74) is 0. The summed E-state index contributed by atoms with van der Waals surface area (Å²) >= 11 is 0. The van der Waals surface area contributed by atoms with Crippen LogP contribution in [0.5, 0.6) is 0 Å². The molecule has 0 radical (unpaired) electrons. The molecule has 0 unspecified atom stereocenters. The van der Waals surface area contributed by atoms with E-state index in [4.69, 9.17) is 4.52 Å². The van der Waals surface area contributed by atoms with Gasteiger partial charge in [0.25, 0.3) is 0 Å². The average molecular weight is 320 g/mol. The molecule has 0 N–H and O–H groups in total. The third-order valence-corrected chi connectivity index (χ3v) is 5.13. The Morgan fingerprint density at radius 1 is 1.22 bits per heavy atom. The molecule has 0 aromatic carbocycles. The van der Waals surface area contributed by atoms with Crippen molar-refractivity contribution in [3.8, 4) is 0 Å². The lowest BCUT2D eigenvalue weighted by molar-refractivity contribution is -0.140. The molecule has 23 heavy (non-hydrogen) atoms. The lowest BCUT2D eigenvalue weighted by Crippen LogP contribution is -2.54. The summed E-state index contributed by atoms with van der Waals surface area (Å²) in [5, 5.41) is 4.05. The second-order valence-corrected chi connectivity index (χ2v) is 7.14. The van der Waals surface area contributed by atoms with Gasteiger partial charge >= 0.3 is 0 Å². The fraction of sp³-hybridized carbons (Fsp3) is 0.824. The van der Waals surface area contributed by atoms with Crippen LogP contribution in [0.3, 0.4) is 0 Å². The van der Waals surface area contributed by atoms with E-state index < -0.39 is 0 Å². The van der Waals surface area contributed by atoms with Gasteiger partial charge in [0.1, 0.15) is 0 Å². The van der Waals surface area contributed by atoms with E-state index in [-0.39, 0.29) is 12.0 Å². The number of rotatable bonds is 3. The van der Waals surface area contributed by atoms with Crippen molar-refractivity contribution in [3.05, 3.63) is 11.7 Å². The van der Waals surface area contributed by atoms with Crippen LogP contribution in [0.25, 0.3) is 0 Å². The standard InChI is InChI=1S/C17H28N4O2/c1-12(2)21-10-5-4-8-15(21)17(22)20-9-6-7-14(11-20)16-18-13(3)23-19-16/h12,14-15H,4-11H2,1-3H3/t14-,15+/m1/s1. The highest BCUT2D eigenvalue weighted by Crippen LogP contribution is 2.28. The van der Waals surface area contributed by atoms with Gasteiger partial charge in [-0.05, 0) is 46.1 Å².